The largest absolute Gasteiger partial charge is 0.352 e. The van der Waals surface area contributed by atoms with Gasteiger partial charge in [-0.2, -0.15) is 0 Å². The highest BCUT2D eigenvalue weighted by atomic mass is 32.1. The molecule has 0 bridgehead atoms. The predicted molar refractivity (Wildman–Crippen MR) is 126 cm³/mol. The number of hydrogen-bond acceptors (Lipinski definition) is 3. The van der Waals surface area contributed by atoms with E-state index in [2.05, 4.69) is 22.9 Å². The minimum Gasteiger partial charge on any atom is -0.352 e. The quantitative estimate of drug-likeness (QED) is 0.392. The van der Waals surface area contributed by atoms with Crippen LogP contribution in [0.2, 0.25) is 0 Å². The zero-order valence-corrected chi connectivity index (χ0v) is 17.7. The lowest BCUT2D eigenvalue weighted by atomic mass is 10.0. The molecule has 0 unspecified atom stereocenters. The van der Waals surface area contributed by atoms with Crippen LogP contribution in [0.4, 0.5) is 5.69 Å². The van der Waals surface area contributed by atoms with Crippen LogP contribution >= 0.6 is 12.2 Å². The summed E-state index contributed by atoms with van der Waals surface area (Å²) in [6, 6.07) is 20.9. The van der Waals surface area contributed by atoms with E-state index in [0.29, 0.717) is 17.8 Å². The molecule has 3 rings (SSSR count). The summed E-state index contributed by atoms with van der Waals surface area (Å²) >= 11 is 5.28. The van der Waals surface area contributed by atoms with E-state index in [0.717, 1.165) is 29.2 Å². The molecule has 0 aliphatic carbocycles. The Kier molecular flexibility index (Phi) is 7.51. The summed E-state index contributed by atoms with van der Waals surface area (Å²) in [6.07, 6.45) is 2.19. The lowest BCUT2D eigenvalue weighted by molar-refractivity contribution is -0.119. The van der Waals surface area contributed by atoms with Crippen LogP contribution < -0.4 is 16.0 Å². The molecule has 3 aromatic rings. The number of carbonyl (C=O) groups excluding carboxylic acids is 2. The van der Waals surface area contributed by atoms with E-state index in [1.165, 1.54) is 0 Å². The van der Waals surface area contributed by atoms with Gasteiger partial charge in [0.1, 0.15) is 0 Å². The van der Waals surface area contributed by atoms with Crippen molar-refractivity contribution in [3.8, 4) is 0 Å². The highest BCUT2D eigenvalue weighted by Crippen LogP contribution is 2.19. The van der Waals surface area contributed by atoms with Gasteiger partial charge in [-0.05, 0) is 53.2 Å². The van der Waals surface area contributed by atoms with E-state index >= 15 is 0 Å². The van der Waals surface area contributed by atoms with Crippen molar-refractivity contribution in [1.29, 1.82) is 0 Å². The van der Waals surface area contributed by atoms with Crippen molar-refractivity contribution in [3.05, 3.63) is 77.9 Å². The third kappa shape index (κ3) is 5.87. The fraction of sp³-hybridized carbons (Fsp3) is 0.208. The molecule has 5 nitrogen and oxygen atoms in total. The van der Waals surface area contributed by atoms with Crippen LogP contribution in [0.25, 0.3) is 10.8 Å². The van der Waals surface area contributed by atoms with Gasteiger partial charge < -0.3 is 16.0 Å². The van der Waals surface area contributed by atoms with Crippen LogP contribution in [0, 0.1) is 0 Å². The van der Waals surface area contributed by atoms with E-state index in [9.17, 15) is 9.59 Å². The van der Waals surface area contributed by atoms with Gasteiger partial charge in [0.15, 0.2) is 5.11 Å². The van der Waals surface area contributed by atoms with Gasteiger partial charge in [0.25, 0.3) is 5.91 Å². The predicted octanol–water partition coefficient (Wildman–Crippen LogP) is 4.43. The van der Waals surface area contributed by atoms with Crippen molar-refractivity contribution in [1.82, 2.24) is 10.6 Å². The fourth-order valence-corrected chi connectivity index (χ4v) is 3.40. The summed E-state index contributed by atoms with van der Waals surface area (Å²) in [7, 11) is 0. The van der Waals surface area contributed by atoms with Crippen LogP contribution in [-0.2, 0) is 11.2 Å². The maximum Gasteiger partial charge on any atom is 0.251 e. The first-order valence-corrected chi connectivity index (χ1v) is 10.4. The summed E-state index contributed by atoms with van der Waals surface area (Å²) < 4.78 is 0. The van der Waals surface area contributed by atoms with Crippen LogP contribution in [0.1, 0.15) is 35.7 Å². The Balaban J connectivity index is 1.58. The Morgan fingerprint density at radius 2 is 1.73 bits per heavy atom. The summed E-state index contributed by atoms with van der Waals surface area (Å²) in [5.41, 5.74) is 2.13. The molecule has 154 valence electrons. The zero-order chi connectivity index (χ0) is 21.3. The molecule has 0 saturated heterocycles. The molecule has 3 aromatic carbocycles. The molecule has 0 saturated carbocycles. The van der Waals surface area contributed by atoms with Crippen LogP contribution in [-0.4, -0.2) is 23.5 Å². The van der Waals surface area contributed by atoms with Gasteiger partial charge in [-0.25, -0.2) is 0 Å². The van der Waals surface area contributed by atoms with Gasteiger partial charge >= 0.3 is 0 Å². The third-order valence-corrected chi connectivity index (χ3v) is 4.89. The Labute approximate surface area is 181 Å². The van der Waals surface area contributed by atoms with Crippen molar-refractivity contribution < 1.29 is 9.59 Å². The second-order valence-electron chi connectivity index (χ2n) is 7.01. The Morgan fingerprint density at radius 1 is 0.967 bits per heavy atom. The molecule has 30 heavy (non-hydrogen) atoms. The topological polar surface area (TPSA) is 70.2 Å². The molecule has 0 heterocycles. The second kappa shape index (κ2) is 10.5. The monoisotopic (exact) mass is 419 g/mol. The molecule has 0 aromatic heterocycles. The SMILES string of the molecule is CCCCNC(=O)c1cccc(NC(=S)NC(=O)Cc2cccc3ccccc23)c1. The van der Waals surface area contributed by atoms with Gasteiger partial charge in [-0.15, -0.1) is 0 Å². The minimum atomic E-state index is -0.197. The number of amides is 2. The van der Waals surface area contributed by atoms with Crippen molar-refractivity contribution in [2.45, 2.75) is 26.2 Å². The Bertz CT molecular complexity index is 1060. The first-order valence-electron chi connectivity index (χ1n) is 10.0. The average molecular weight is 420 g/mol. The first-order chi connectivity index (χ1) is 14.6. The summed E-state index contributed by atoms with van der Waals surface area (Å²) in [4.78, 5) is 24.7. The van der Waals surface area contributed by atoms with E-state index in [4.69, 9.17) is 12.2 Å². The van der Waals surface area contributed by atoms with Crippen LogP contribution in [0.3, 0.4) is 0 Å². The first kappa shape index (κ1) is 21.5. The molecule has 3 N–H and O–H groups in total. The smallest absolute Gasteiger partial charge is 0.251 e. The van der Waals surface area contributed by atoms with Gasteiger partial charge in [0, 0.05) is 17.8 Å². The lowest BCUT2D eigenvalue weighted by Crippen LogP contribution is -2.35. The summed E-state index contributed by atoms with van der Waals surface area (Å²) in [6.45, 7) is 2.72. The van der Waals surface area contributed by atoms with E-state index < -0.39 is 0 Å². The van der Waals surface area contributed by atoms with Gasteiger partial charge in [-0.3, -0.25) is 9.59 Å². The van der Waals surface area contributed by atoms with Crippen LogP contribution in [0.15, 0.2) is 66.7 Å². The molecule has 6 heteroatoms. The molecule has 0 radical (unpaired) electrons. The molecule has 0 atom stereocenters. The number of anilines is 1. The maximum atomic E-state index is 12.5. The number of nitrogens with one attached hydrogen (secondary N) is 3. The fourth-order valence-electron chi connectivity index (χ4n) is 3.17. The molecule has 0 aliphatic rings. The van der Waals surface area contributed by atoms with Crippen molar-refractivity contribution in [2.24, 2.45) is 0 Å². The molecular weight excluding hydrogens is 394 g/mol. The Hall–Kier alpha value is -3.25. The van der Waals surface area contributed by atoms with Crippen molar-refractivity contribution in [3.63, 3.8) is 0 Å². The Morgan fingerprint density at radius 3 is 2.57 bits per heavy atom. The van der Waals surface area contributed by atoms with Gasteiger partial charge in [-0.1, -0.05) is 61.9 Å². The number of fused-ring (bicyclic) bond motifs is 1. The summed E-state index contributed by atoms with van der Waals surface area (Å²) in [5, 5.41) is 10.9. The summed E-state index contributed by atoms with van der Waals surface area (Å²) in [5.74, 6) is -0.324. The molecule has 0 aliphatic heterocycles. The number of unbranched alkanes of at least 4 members (excludes halogenated alkanes) is 1. The number of benzene rings is 3. The van der Waals surface area contributed by atoms with E-state index in [-0.39, 0.29) is 23.3 Å². The van der Waals surface area contributed by atoms with Crippen molar-refractivity contribution in [2.75, 3.05) is 11.9 Å². The maximum absolute atomic E-state index is 12.5. The minimum absolute atomic E-state index is 0.127. The van der Waals surface area contributed by atoms with E-state index in [1.54, 1.807) is 24.3 Å². The highest BCUT2D eigenvalue weighted by Gasteiger charge is 2.10. The normalized spacial score (nSPS) is 10.4. The number of thiocarbonyl (C=S) groups is 1. The van der Waals surface area contributed by atoms with Crippen LogP contribution in [0.5, 0.6) is 0 Å². The number of carbonyl (C=O) groups is 2. The third-order valence-electron chi connectivity index (χ3n) is 4.68. The lowest BCUT2D eigenvalue weighted by Gasteiger charge is -2.12. The van der Waals surface area contributed by atoms with Gasteiger partial charge in [0.2, 0.25) is 5.91 Å². The molecule has 0 fully saturated rings. The zero-order valence-electron chi connectivity index (χ0n) is 16.9. The van der Waals surface area contributed by atoms with Gasteiger partial charge in [0.05, 0.1) is 6.42 Å². The molecule has 0 spiro atoms. The van der Waals surface area contributed by atoms with E-state index in [1.807, 2.05) is 42.5 Å². The second-order valence-corrected chi connectivity index (χ2v) is 7.42. The van der Waals surface area contributed by atoms with Crippen molar-refractivity contribution >= 4 is 45.6 Å². The molecular formula is C24H25N3O2S. The number of hydrogen-bond donors (Lipinski definition) is 3. The average Bonchev–Trinajstić information content (AvgIpc) is 2.74. The molecule has 2 amide bonds. The highest BCUT2D eigenvalue weighted by molar-refractivity contribution is 7.80. The standard InChI is InChI=1S/C24H25N3O2S/c1-2-3-14-25-23(29)19-11-7-12-20(15-19)26-24(30)27-22(28)16-18-10-6-9-17-8-4-5-13-21(17)18/h4-13,15H,2-3,14,16H2,1H3,(H,25,29)(H2,26,27,28,30). The number of rotatable bonds is 7.